The smallest absolute Gasteiger partial charge is 0.134 e. The molecule has 0 bridgehead atoms. The highest BCUT2D eigenvalue weighted by Gasteiger charge is 2.09. The van der Waals surface area contributed by atoms with Crippen molar-refractivity contribution in [3.8, 4) is 5.75 Å². The Bertz CT molecular complexity index is 312. The van der Waals surface area contributed by atoms with E-state index in [1.165, 1.54) is 0 Å². The molecule has 1 aromatic carbocycles. The molecule has 1 rings (SSSR count). The zero-order valence-corrected chi connectivity index (χ0v) is 9.25. The summed E-state index contributed by atoms with van der Waals surface area (Å²) in [5.41, 5.74) is 6.95. The SMILES string of the molecule is CC(C)CC(N)c1ccc(O)c(Cl)c1. The van der Waals surface area contributed by atoms with E-state index in [9.17, 15) is 5.11 Å². The molecule has 1 atom stereocenters. The molecule has 0 amide bonds. The third-order valence-corrected chi connectivity index (χ3v) is 2.43. The third kappa shape index (κ3) is 2.89. The van der Waals surface area contributed by atoms with Gasteiger partial charge in [0.15, 0.2) is 0 Å². The second-order valence-corrected chi connectivity index (χ2v) is 4.35. The zero-order valence-electron chi connectivity index (χ0n) is 8.50. The molecular formula is C11H16ClNO. The highest BCUT2D eigenvalue weighted by atomic mass is 35.5. The number of halogens is 1. The number of phenols is 1. The summed E-state index contributed by atoms with van der Waals surface area (Å²) in [5.74, 6) is 0.657. The van der Waals surface area contributed by atoms with Gasteiger partial charge in [-0.25, -0.2) is 0 Å². The van der Waals surface area contributed by atoms with Crippen molar-refractivity contribution in [1.82, 2.24) is 0 Å². The van der Waals surface area contributed by atoms with E-state index in [0.29, 0.717) is 10.9 Å². The Morgan fingerprint density at radius 3 is 2.57 bits per heavy atom. The summed E-state index contributed by atoms with van der Waals surface area (Å²) in [4.78, 5) is 0. The first-order valence-corrected chi connectivity index (χ1v) is 5.12. The lowest BCUT2D eigenvalue weighted by Crippen LogP contribution is -2.12. The quantitative estimate of drug-likeness (QED) is 0.811. The van der Waals surface area contributed by atoms with Crippen molar-refractivity contribution >= 4 is 11.6 Å². The van der Waals surface area contributed by atoms with Crippen LogP contribution < -0.4 is 5.73 Å². The summed E-state index contributed by atoms with van der Waals surface area (Å²) in [5, 5.41) is 9.60. The van der Waals surface area contributed by atoms with Gasteiger partial charge in [0.05, 0.1) is 5.02 Å². The molecule has 0 aromatic heterocycles. The maximum atomic E-state index is 9.23. The van der Waals surface area contributed by atoms with Crippen LogP contribution >= 0.6 is 11.6 Å². The van der Waals surface area contributed by atoms with Gasteiger partial charge in [-0.05, 0) is 30.0 Å². The average molecular weight is 214 g/mol. The van der Waals surface area contributed by atoms with Crippen molar-refractivity contribution < 1.29 is 5.11 Å². The normalized spacial score (nSPS) is 13.2. The summed E-state index contributed by atoms with van der Waals surface area (Å²) in [6.45, 7) is 4.25. The predicted molar refractivity (Wildman–Crippen MR) is 59.5 cm³/mol. The lowest BCUT2D eigenvalue weighted by molar-refractivity contribution is 0.473. The van der Waals surface area contributed by atoms with E-state index in [1.54, 1.807) is 12.1 Å². The largest absolute Gasteiger partial charge is 0.506 e. The average Bonchev–Trinajstić information content (AvgIpc) is 2.08. The van der Waals surface area contributed by atoms with Crippen molar-refractivity contribution in [3.05, 3.63) is 28.8 Å². The van der Waals surface area contributed by atoms with Crippen LogP contribution in [0.15, 0.2) is 18.2 Å². The fourth-order valence-electron chi connectivity index (χ4n) is 1.40. The number of aromatic hydroxyl groups is 1. The Balaban J connectivity index is 2.80. The maximum Gasteiger partial charge on any atom is 0.134 e. The van der Waals surface area contributed by atoms with Gasteiger partial charge in [0, 0.05) is 6.04 Å². The molecule has 0 aliphatic heterocycles. The van der Waals surface area contributed by atoms with E-state index in [-0.39, 0.29) is 11.8 Å². The fourth-order valence-corrected chi connectivity index (χ4v) is 1.59. The van der Waals surface area contributed by atoms with E-state index in [4.69, 9.17) is 17.3 Å². The Morgan fingerprint density at radius 2 is 2.07 bits per heavy atom. The van der Waals surface area contributed by atoms with Crippen LogP contribution in [-0.2, 0) is 0 Å². The molecule has 3 heteroatoms. The topological polar surface area (TPSA) is 46.2 Å². The molecule has 78 valence electrons. The van der Waals surface area contributed by atoms with Gasteiger partial charge in [0.25, 0.3) is 0 Å². The number of rotatable bonds is 3. The molecule has 0 spiro atoms. The van der Waals surface area contributed by atoms with Crippen LogP contribution in [0.3, 0.4) is 0 Å². The van der Waals surface area contributed by atoms with Crippen LogP contribution in [0.5, 0.6) is 5.75 Å². The minimum atomic E-state index is -0.00639. The Morgan fingerprint density at radius 1 is 1.43 bits per heavy atom. The van der Waals surface area contributed by atoms with Gasteiger partial charge < -0.3 is 10.8 Å². The van der Waals surface area contributed by atoms with Crippen LogP contribution in [0, 0.1) is 5.92 Å². The van der Waals surface area contributed by atoms with E-state index in [2.05, 4.69) is 13.8 Å². The van der Waals surface area contributed by atoms with E-state index in [1.807, 2.05) is 6.07 Å². The van der Waals surface area contributed by atoms with Crippen molar-refractivity contribution in [1.29, 1.82) is 0 Å². The number of benzene rings is 1. The van der Waals surface area contributed by atoms with Gasteiger partial charge in [0.1, 0.15) is 5.75 Å². The predicted octanol–water partition coefficient (Wildman–Crippen LogP) is 3.09. The summed E-state index contributed by atoms with van der Waals surface area (Å²) in [6.07, 6.45) is 0.918. The number of phenolic OH excluding ortho intramolecular Hbond substituents is 1. The molecule has 14 heavy (non-hydrogen) atoms. The molecule has 1 unspecified atom stereocenters. The fraction of sp³-hybridized carbons (Fsp3) is 0.455. The van der Waals surface area contributed by atoms with Gasteiger partial charge in [-0.3, -0.25) is 0 Å². The molecule has 3 N–H and O–H groups in total. The molecule has 0 aliphatic rings. The van der Waals surface area contributed by atoms with E-state index < -0.39 is 0 Å². The summed E-state index contributed by atoms with van der Waals surface area (Å²) >= 11 is 5.79. The Kier molecular flexibility index (Phi) is 3.78. The van der Waals surface area contributed by atoms with Crippen LogP contribution in [0.2, 0.25) is 5.02 Å². The van der Waals surface area contributed by atoms with Gasteiger partial charge in [-0.2, -0.15) is 0 Å². The standard InChI is InChI=1S/C11H16ClNO/c1-7(2)5-10(13)8-3-4-11(14)9(12)6-8/h3-4,6-7,10,14H,5,13H2,1-2H3. The molecule has 0 fully saturated rings. The molecule has 0 heterocycles. The van der Waals surface area contributed by atoms with Crippen LogP contribution in [-0.4, -0.2) is 5.11 Å². The highest BCUT2D eigenvalue weighted by Crippen LogP contribution is 2.27. The minimum Gasteiger partial charge on any atom is -0.506 e. The van der Waals surface area contributed by atoms with Crippen molar-refractivity contribution in [2.45, 2.75) is 26.3 Å². The van der Waals surface area contributed by atoms with Crippen molar-refractivity contribution in [2.75, 3.05) is 0 Å². The van der Waals surface area contributed by atoms with Gasteiger partial charge >= 0.3 is 0 Å². The van der Waals surface area contributed by atoms with Gasteiger partial charge in [-0.15, -0.1) is 0 Å². The van der Waals surface area contributed by atoms with E-state index in [0.717, 1.165) is 12.0 Å². The van der Waals surface area contributed by atoms with Crippen LogP contribution in [0.1, 0.15) is 31.9 Å². The molecule has 0 saturated heterocycles. The third-order valence-electron chi connectivity index (χ3n) is 2.13. The molecule has 0 saturated carbocycles. The van der Waals surface area contributed by atoms with Crippen molar-refractivity contribution in [2.24, 2.45) is 11.7 Å². The first-order chi connectivity index (χ1) is 6.50. The minimum absolute atomic E-state index is 0.00639. The van der Waals surface area contributed by atoms with Crippen LogP contribution in [0.25, 0.3) is 0 Å². The second-order valence-electron chi connectivity index (χ2n) is 3.95. The highest BCUT2D eigenvalue weighted by molar-refractivity contribution is 6.32. The van der Waals surface area contributed by atoms with Gasteiger partial charge in [0.2, 0.25) is 0 Å². The maximum absolute atomic E-state index is 9.23. The first-order valence-electron chi connectivity index (χ1n) is 4.74. The van der Waals surface area contributed by atoms with Gasteiger partial charge in [-0.1, -0.05) is 31.5 Å². The lowest BCUT2D eigenvalue weighted by Gasteiger charge is -2.14. The van der Waals surface area contributed by atoms with Crippen molar-refractivity contribution in [3.63, 3.8) is 0 Å². The number of hydrogen-bond acceptors (Lipinski definition) is 2. The number of nitrogens with two attached hydrogens (primary N) is 1. The summed E-state index contributed by atoms with van der Waals surface area (Å²) in [7, 11) is 0. The molecule has 1 aromatic rings. The lowest BCUT2D eigenvalue weighted by atomic mass is 9.98. The zero-order chi connectivity index (χ0) is 10.7. The molecule has 0 aliphatic carbocycles. The summed E-state index contributed by atoms with van der Waals surface area (Å²) < 4.78 is 0. The molecular weight excluding hydrogens is 198 g/mol. The second kappa shape index (κ2) is 4.67. The summed E-state index contributed by atoms with van der Waals surface area (Å²) in [6, 6.07) is 5.11. The van der Waals surface area contributed by atoms with E-state index >= 15 is 0 Å². The first kappa shape index (κ1) is 11.3. The van der Waals surface area contributed by atoms with Crippen LogP contribution in [0.4, 0.5) is 0 Å². The molecule has 0 radical (unpaired) electrons. The molecule has 2 nitrogen and oxygen atoms in total. The monoisotopic (exact) mass is 213 g/mol. The Hall–Kier alpha value is -0.730. The number of hydrogen-bond donors (Lipinski definition) is 2. The Labute approximate surface area is 89.7 Å².